The lowest BCUT2D eigenvalue weighted by Gasteiger charge is -2.29. The van der Waals surface area contributed by atoms with Gasteiger partial charge in [0.25, 0.3) is 0 Å². The molecule has 1 fully saturated rings. The van der Waals surface area contributed by atoms with Crippen molar-refractivity contribution in [3.8, 4) is 5.75 Å². The van der Waals surface area contributed by atoms with Crippen molar-refractivity contribution in [2.75, 3.05) is 13.2 Å². The van der Waals surface area contributed by atoms with Gasteiger partial charge in [-0.2, -0.15) is 13.2 Å². The van der Waals surface area contributed by atoms with Gasteiger partial charge in [-0.05, 0) is 43.0 Å². The van der Waals surface area contributed by atoms with E-state index in [9.17, 15) is 13.2 Å². The van der Waals surface area contributed by atoms with E-state index in [4.69, 9.17) is 4.74 Å². The highest BCUT2D eigenvalue weighted by atomic mass is 19.4. The highest BCUT2D eigenvalue weighted by Crippen LogP contribution is 2.30. The van der Waals surface area contributed by atoms with Crippen molar-refractivity contribution in [2.45, 2.75) is 44.8 Å². The van der Waals surface area contributed by atoms with Crippen molar-refractivity contribution in [3.63, 3.8) is 0 Å². The Morgan fingerprint density at radius 1 is 1.14 bits per heavy atom. The summed E-state index contributed by atoms with van der Waals surface area (Å²) in [6.07, 6.45) is 0.735. The lowest BCUT2D eigenvalue weighted by molar-refractivity contribution is -0.137. The van der Waals surface area contributed by atoms with Crippen molar-refractivity contribution in [1.82, 2.24) is 5.32 Å². The molecule has 0 bridgehead atoms. The number of alkyl halides is 3. The van der Waals surface area contributed by atoms with Crippen LogP contribution >= 0.6 is 0 Å². The Bertz CT molecular complexity index is 430. The molecule has 0 saturated heterocycles. The molecule has 21 heavy (non-hydrogen) atoms. The van der Waals surface area contributed by atoms with Gasteiger partial charge in [0.1, 0.15) is 12.4 Å². The van der Waals surface area contributed by atoms with Gasteiger partial charge in [0.2, 0.25) is 0 Å². The van der Waals surface area contributed by atoms with E-state index in [0.29, 0.717) is 24.3 Å². The van der Waals surface area contributed by atoms with E-state index in [2.05, 4.69) is 12.2 Å². The second-order valence-electron chi connectivity index (χ2n) is 5.69. The maximum Gasteiger partial charge on any atom is 0.416 e. The number of nitrogens with one attached hydrogen (secondary N) is 1. The van der Waals surface area contributed by atoms with Gasteiger partial charge in [0.15, 0.2) is 0 Å². The molecule has 118 valence electrons. The minimum Gasteiger partial charge on any atom is -0.492 e. The van der Waals surface area contributed by atoms with E-state index >= 15 is 0 Å². The fourth-order valence-corrected chi connectivity index (χ4v) is 2.77. The van der Waals surface area contributed by atoms with Gasteiger partial charge < -0.3 is 10.1 Å². The smallest absolute Gasteiger partial charge is 0.416 e. The van der Waals surface area contributed by atoms with Crippen LogP contribution in [0, 0.1) is 5.92 Å². The average molecular weight is 301 g/mol. The van der Waals surface area contributed by atoms with Crippen molar-refractivity contribution in [2.24, 2.45) is 5.92 Å². The zero-order valence-electron chi connectivity index (χ0n) is 12.2. The molecular weight excluding hydrogens is 279 g/mol. The van der Waals surface area contributed by atoms with Crippen LogP contribution in [-0.4, -0.2) is 19.2 Å². The summed E-state index contributed by atoms with van der Waals surface area (Å²) in [6.45, 7) is 3.44. The van der Waals surface area contributed by atoms with Gasteiger partial charge in [-0.25, -0.2) is 0 Å². The van der Waals surface area contributed by atoms with E-state index < -0.39 is 11.7 Å². The summed E-state index contributed by atoms with van der Waals surface area (Å²) in [4.78, 5) is 0. The predicted molar refractivity (Wildman–Crippen MR) is 76.4 cm³/mol. The zero-order chi connectivity index (χ0) is 15.3. The summed E-state index contributed by atoms with van der Waals surface area (Å²) >= 11 is 0. The third kappa shape index (κ3) is 4.92. The molecule has 2 unspecified atom stereocenters. The molecule has 2 atom stereocenters. The van der Waals surface area contributed by atoms with Gasteiger partial charge >= 0.3 is 6.18 Å². The van der Waals surface area contributed by atoms with Gasteiger partial charge in [-0.3, -0.25) is 0 Å². The van der Waals surface area contributed by atoms with Crippen molar-refractivity contribution in [3.05, 3.63) is 29.8 Å². The third-order valence-electron chi connectivity index (χ3n) is 4.07. The SMILES string of the molecule is CC1CCCCC1NCCOc1ccc(C(F)(F)F)cc1. The molecule has 1 saturated carbocycles. The second-order valence-corrected chi connectivity index (χ2v) is 5.69. The first-order chi connectivity index (χ1) is 9.97. The molecule has 1 aliphatic rings. The number of hydrogen-bond donors (Lipinski definition) is 1. The molecular formula is C16H22F3NO. The quantitative estimate of drug-likeness (QED) is 0.821. The highest BCUT2D eigenvalue weighted by Gasteiger charge is 2.30. The zero-order valence-corrected chi connectivity index (χ0v) is 12.2. The van der Waals surface area contributed by atoms with Crippen LogP contribution in [0.3, 0.4) is 0 Å². The molecule has 0 aromatic heterocycles. The largest absolute Gasteiger partial charge is 0.492 e. The first-order valence-corrected chi connectivity index (χ1v) is 7.50. The van der Waals surface area contributed by atoms with E-state index in [1.54, 1.807) is 0 Å². The molecule has 1 aromatic rings. The number of rotatable bonds is 5. The van der Waals surface area contributed by atoms with E-state index in [1.807, 2.05) is 0 Å². The molecule has 5 heteroatoms. The summed E-state index contributed by atoms with van der Waals surface area (Å²) in [5, 5.41) is 3.47. The Hall–Kier alpha value is -1.23. The van der Waals surface area contributed by atoms with Crippen molar-refractivity contribution in [1.29, 1.82) is 0 Å². The Balaban J connectivity index is 1.71. The van der Waals surface area contributed by atoms with Crippen LogP contribution in [0.4, 0.5) is 13.2 Å². The summed E-state index contributed by atoms with van der Waals surface area (Å²) < 4.78 is 42.7. The Morgan fingerprint density at radius 2 is 1.81 bits per heavy atom. The lowest BCUT2D eigenvalue weighted by Crippen LogP contribution is -2.39. The highest BCUT2D eigenvalue weighted by molar-refractivity contribution is 5.28. The molecule has 1 aromatic carbocycles. The maximum absolute atomic E-state index is 12.4. The van der Waals surface area contributed by atoms with Gasteiger partial charge in [0.05, 0.1) is 5.56 Å². The fraction of sp³-hybridized carbons (Fsp3) is 0.625. The van der Waals surface area contributed by atoms with Gasteiger partial charge in [0, 0.05) is 12.6 Å². The first kappa shape index (κ1) is 16.1. The van der Waals surface area contributed by atoms with Gasteiger partial charge in [-0.15, -0.1) is 0 Å². The van der Waals surface area contributed by atoms with Crippen LogP contribution in [0.1, 0.15) is 38.2 Å². The van der Waals surface area contributed by atoms with Crippen LogP contribution in [0.2, 0.25) is 0 Å². The van der Waals surface area contributed by atoms with Crippen LogP contribution in [0.25, 0.3) is 0 Å². The topological polar surface area (TPSA) is 21.3 Å². The van der Waals surface area contributed by atoms with Crippen LogP contribution < -0.4 is 10.1 Å². The molecule has 1 aliphatic carbocycles. The minimum atomic E-state index is -4.29. The average Bonchev–Trinajstić information content (AvgIpc) is 2.45. The van der Waals surface area contributed by atoms with Crippen molar-refractivity contribution < 1.29 is 17.9 Å². The Kier molecular flexibility index (Phi) is 5.51. The molecule has 0 radical (unpaired) electrons. The molecule has 0 amide bonds. The molecule has 0 spiro atoms. The molecule has 0 aliphatic heterocycles. The number of ether oxygens (including phenoxy) is 1. The number of hydrogen-bond acceptors (Lipinski definition) is 2. The van der Waals surface area contributed by atoms with E-state index in [0.717, 1.165) is 18.7 Å². The first-order valence-electron chi connectivity index (χ1n) is 7.50. The van der Waals surface area contributed by atoms with E-state index in [1.165, 1.54) is 37.8 Å². The molecule has 1 N–H and O–H groups in total. The van der Waals surface area contributed by atoms with Crippen LogP contribution in [0.15, 0.2) is 24.3 Å². The van der Waals surface area contributed by atoms with E-state index in [-0.39, 0.29) is 0 Å². The summed E-state index contributed by atoms with van der Waals surface area (Å²) in [6, 6.07) is 5.37. The van der Waals surface area contributed by atoms with Crippen LogP contribution in [0.5, 0.6) is 5.75 Å². The Morgan fingerprint density at radius 3 is 2.43 bits per heavy atom. The van der Waals surface area contributed by atoms with Gasteiger partial charge in [-0.1, -0.05) is 19.8 Å². The molecule has 2 nitrogen and oxygen atoms in total. The summed E-state index contributed by atoms with van der Waals surface area (Å²) in [5.41, 5.74) is -0.649. The summed E-state index contributed by atoms with van der Waals surface area (Å²) in [5.74, 6) is 1.16. The lowest BCUT2D eigenvalue weighted by atomic mass is 9.86. The summed E-state index contributed by atoms with van der Waals surface area (Å²) in [7, 11) is 0. The second kappa shape index (κ2) is 7.16. The van der Waals surface area contributed by atoms with Crippen LogP contribution in [-0.2, 0) is 6.18 Å². The fourth-order valence-electron chi connectivity index (χ4n) is 2.77. The van der Waals surface area contributed by atoms with Crippen molar-refractivity contribution >= 4 is 0 Å². The molecule has 2 rings (SSSR count). The standard InChI is InChI=1S/C16H22F3NO/c1-12-4-2-3-5-15(12)20-10-11-21-14-8-6-13(7-9-14)16(17,18)19/h6-9,12,15,20H,2-5,10-11H2,1H3. The third-order valence-corrected chi connectivity index (χ3v) is 4.07. The number of benzene rings is 1. The number of halogens is 3. The Labute approximate surface area is 123 Å². The molecule has 0 heterocycles. The minimum absolute atomic E-state index is 0.467. The maximum atomic E-state index is 12.4. The normalized spacial score (nSPS) is 23.0. The predicted octanol–water partition coefficient (Wildman–Crippen LogP) is 4.25. The monoisotopic (exact) mass is 301 g/mol.